The molecule has 144 valence electrons. The highest BCUT2D eigenvalue weighted by atomic mass is 35.5. The summed E-state index contributed by atoms with van der Waals surface area (Å²) in [7, 11) is -4.48. The van der Waals surface area contributed by atoms with Crippen molar-refractivity contribution in [1.29, 1.82) is 0 Å². The van der Waals surface area contributed by atoms with Crippen LogP contribution in [-0.4, -0.2) is 18.3 Å². The highest BCUT2D eigenvalue weighted by Gasteiger charge is 2.33. The first-order valence-electron chi connectivity index (χ1n) is 7.08. The summed E-state index contributed by atoms with van der Waals surface area (Å²) < 4.78 is 62.6. The molecule has 0 unspecified atom stereocenters. The van der Waals surface area contributed by atoms with Crippen molar-refractivity contribution in [1.82, 2.24) is 4.98 Å². The number of nitrogens with one attached hydrogen (secondary N) is 1. The number of aromatic nitrogens is 1. The van der Waals surface area contributed by atoms with Gasteiger partial charge in [-0.05, 0) is 25.1 Å². The van der Waals surface area contributed by atoms with Crippen LogP contribution >= 0.6 is 11.6 Å². The molecule has 0 atom stereocenters. The molecule has 1 heterocycles. The van der Waals surface area contributed by atoms with Gasteiger partial charge in [0.25, 0.3) is 9.84 Å². The normalized spacial score (nSPS) is 12.7. The summed E-state index contributed by atoms with van der Waals surface area (Å²) in [6, 6.07) is 5.89. The van der Waals surface area contributed by atoms with E-state index in [1.54, 1.807) is 6.92 Å². The monoisotopic (exact) mass is 421 g/mol. The van der Waals surface area contributed by atoms with E-state index in [0.29, 0.717) is 18.5 Å². The lowest BCUT2D eigenvalue weighted by atomic mass is 10.2. The number of anilines is 1. The molecular formula is C15H11ClF3N3O4S. The SMILES string of the molecule is Cc1ccc(S(=O)(=O)/C(=C\Nc2ncc(C(F)(F)F)cc2Cl)[N+](=O)[O-])cc1. The average Bonchev–Trinajstić information content (AvgIpc) is 2.55. The maximum atomic E-state index is 12.6. The van der Waals surface area contributed by atoms with Crippen LogP contribution in [0.15, 0.2) is 52.7 Å². The van der Waals surface area contributed by atoms with Gasteiger partial charge in [-0.25, -0.2) is 13.4 Å². The van der Waals surface area contributed by atoms with Gasteiger partial charge in [-0.15, -0.1) is 0 Å². The number of rotatable bonds is 5. The minimum Gasteiger partial charge on any atom is -0.339 e. The van der Waals surface area contributed by atoms with Crippen LogP contribution in [0, 0.1) is 17.0 Å². The summed E-state index contributed by atoms with van der Waals surface area (Å²) in [6.07, 6.45) is -3.70. The van der Waals surface area contributed by atoms with Crippen LogP contribution in [0.5, 0.6) is 0 Å². The number of alkyl halides is 3. The van der Waals surface area contributed by atoms with Crippen molar-refractivity contribution >= 4 is 27.3 Å². The minimum absolute atomic E-state index is 0.315. The summed E-state index contributed by atoms with van der Waals surface area (Å²) in [5.41, 5.74) is -0.372. The Morgan fingerprint density at radius 3 is 2.37 bits per heavy atom. The molecule has 27 heavy (non-hydrogen) atoms. The molecule has 0 saturated carbocycles. The van der Waals surface area contributed by atoms with E-state index in [-0.39, 0.29) is 10.7 Å². The van der Waals surface area contributed by atoms with Gasteiger partial charge in [-0.3, -0.25) is 10.1 Å². The first kappa shape index (κ1) is 20.6. The smallest absolute Gasteiger partial charge is 0.339 e. The van der Waals surface area contributed by atoms with Gasteiger partial charge in [0.2, 0.25) is 0 Å². The number of aryl methyl sites for hydroxylation is 1. The third kappa shape index (κ3) is 4.74. The number of nitrogens with zero attached hydrogens (tertiary/aromatic N) is 2. The Balaban J connectivity index is 2.39. The molecule has 0 saturated heterocycles. The van der Waals surface area contributed by atoms with Gasteiger partial charge in [-0.2, -0.15) is 13.2 Å². The predicted molar refractivity (Wildman–Crippen MR) is 91.3 cm³/mol. The van der Waals surface area contributed by atoms with Crippen LogP contribution in [0.2, 0.25) is 5.02 Å². The van der Waals surface area contributed by atoms with Crippen LogP contribution in [0.3, 0.4) is 0 Å². The van der Waals surface area contributed by atoms with Crippen molar-refractivity contribution in [2.75, 3.05) is 5.32 Å². The van der Waals surface area contributed by atoms with Gasteiger partial charge >= 0.3 is 11.2 Å². The Kier molecular flexibility index (Phi) is 5.76. The van der Waals surface area contributed by atoms with Crippen LogP contribution in [-0.2, 0) is 16.0 Å². The van der Waals surface area contributed by atoms with E-state index in [1.165, 1.54) is 24.3 Å². The largest absolute Gasteiger partial charge is 0.417 e. The Bertz CT molecular complexity index is 1010. The summed E-state index contributed by atoms with van der Waals surface area (Å²) in [5, 5.41) is 11.7. The average molecular weight is 422 g/mol. The fourth-order valence-corrected chi connectivity index (χ4v) is 3.26. The van der Waals surface area contributed by atoms with Crippen molar-refractivity contribution < 1.29 is 26.5 Å². The van der Waals surface area contributed by atoms with Crippen LogP contribution in [0.25, 0.3) is 0 Å². The summed E-state index contributed by atoms with van der Waals surface area (Å²) >= 11 is 5.67. The van der Waals surface area contributed by atoms with Crippen molar-refractivity contribution in [3.8, 4) is 0 Å². The zero-order valence-corrected chi connectivity index (χ0v) is 15.1. The third-order valence-electron chi connectivity index (χ3n) is 3.29. The Labute approximate surface area is 156 Å². The summed E-state index contributed by atoms with van der Waals surface area (Å²) in [5.74, 6) is -0.372. The van der Waals surface area contributed by atoms with Crippen molar-refractivity contribution in [2.24, 2.45) is 0 Å². The van der Waals surface area contributed by atoms with Gasteiger partial charge < -0.3 is 5.32 Å². The Hall–Kier alpha value is -2.66. The zero-order chi connectivity index (χ0) is 20.4. The second kappa shape index (κ2) is 7.53. The number of benzene rings is 1. The lowest BCUT2D eigenvalue weighted by molar-refractivity contribution is -0.411. The predicted octanol–water partition coefficient (Wildman–Crippen LogP) is 4.02. The molecule has 0 radical (unpaired) electrons. The van der Waals surface area contributed by atoms with E-state index in [1.807, 2.05) is 0 Å². The second-order valence-electron chi connectivity index (χ2n) is 5.25. The Morgan fingerprint density at radius 2 is 1.89 bits per heavy atom. The fraction of sp³-hybridized carbons (Fsp3) is 0.133. The highest BCUT2D eigenvalue weighted by Crippen LogP contribution is 2.32. The summed E-state index contributed by atoms with van der Waals surface area (Å²) in [4.78, 5) is 13.2. The van der Waals surface area contributed by atoms with Crippen molar-refractivity contribution in [3.63, 3.8) is 0 Å². The quantitative estimate of drug-likeness (QED) is 0.577. The molecule has 0 fully saturated rings. The molecule has 0 spiro atoms. The maximum absolute atomic E-state index is 12.6. The van der Waals surface area contributed by atoms with Crippen LogP contribution in [0.4, 0.5) is 19.0 Å². The van der Waals surface area contributed by atoms with E-state index in [2.05, 4.69) is 10.3 Å². The van der Waals surface area contributed by atoms with Crippen LogP contribution < -0.4 is 5.32 Å². The van der Waals surface area contributed by atoms with E-state index in [0.717, 1.165) is 5.56 Å². The van der Waals surface area contributed by atoms with Crippen LogP contribution in [0.1, 0.15) is 11.1 Å². The van der Waals surface area contributed by atoms with E-state index < -0.39 is 36.6 Å². The number of pyridine rings is 1. The molecule has 7 nitrogen and oxygen atoms in total. The van der Waals surface area contributed by atoms with E-state index >= 15 is 0 Å². The first-order chi connectivity index (χ1) is 12.4. The molecule has 0 aliphatic heterocycles. The molecule has 0 aliphatic rings. The molecule has 0 bridgehead atoms. The zero-order valence-electron chi connectivity index (χ0n) is 13.5. The molecule has 2 aromatic rings. The first-order valence-corrected chi connectivity index (χ1v) is 8.94. The standard InChI is InChI=1S/C15H11ClF3N3O4S/c1-9-2-4-11(5-3-9)27(25,26)13(22(23)24)8-21-14-12(16)6-10(7-20-14)15(17,18)19/h2-8H,1H3,(H,20,21)/b13-8-. The highest BCUT2D eigenvalue weighted by molar-refractivity contribution is 7.95. The van der Waals surface area contributed by atoms with Gasteiger partial charge in [0.1, 0.15) is 5.82 Å². The maximum Gasteiger partial charge on any atom is 0.417 e. The topological polar surface area (TPSA) is 102 Å². The van der Waals surface area contributed by atoms with E-state index in [4.69, 9.17) is 11.6 Å². The second-order valence-corrected chi connectivity index (χ2v) is 7.56. The molecule has 12 heteroatoms. The summed E-state index contributed by atoms with van der Waals surface area (Å²) in [6.45, 7) is 1.71. The molecule has 2 rings (SSSR count). The minimum atomic E-state index is -4.67. The number of sulfone groups is 1. The van der Waals surface area contributed by atoms with Gasteiger partial charge in [0.05, 0.1) is 26.6 Å². The molecule has 1 N–H and O–H groups in total. The lowest BCUT2D eigenvalue weighted by Gasteiger charge is -2.09. The van der Waals surface area contributed by atoms with Gasteiger partial charge in [0.15, 0.2) is 0 Å². The molecular weight excluding hydrogens is 411 g/mol. The molecule has 1 aromatic heterocycles. The van der Waals surface area contributed by atoms with Gasteiger partial charge in [-0.1, -0.05) is 29.3 Å². The Morgan fingerprint density at radius 1 is 1.30 bits per heavy atom. The lowest BCUT2D eigenvalue weighted by Crippen LogP contribution is -2.14. The van der Waals surface area contributed by atoms with Gasteiger partial charge in [0, 0.05) is 6.20 Å². The van der Waals surface area contributed by atoms with E-state index in [9.17, 15) is 31.7 Å². The number of nitro groups is 1. The van der Waals surface area contributed by atoms with Crippen molar-refractivity contribution in [2.45, 2.75) is 18.0 Å². The number of halogens is 4. The number of hydrogen-bond donors (Lipinski definition) is 1. The number of hydrogen-bond acceptors (Lipinski definition) is 6. The fourth-order valence-electron chi connectivity index (χ4n) is 1.90. The molecule has 0 aliphatic carbocycles. The molecule has 0 amide bonds. The third-order valence-corrected chi connectivity index (χ3v) is 5.29. The molecule has 1 aromatic carbocycles. The van der Waals surface area contributed by atoms with Crippen molar-refractivity contribution in [3.05, 3.63) is 74.0 Å².